The molecule has 0 heterocycles. The molecule has 0 aliphatic carbocycles. The number of nitrogens with one attached hydrogen (secondary N) is 1. The zero-order valence-electron chi connectivity index (χ0n) is 11.1. The second kappa shape index (κ2) is 5.83. The maximum atomic E-state index is 13.3. The first-order chi connectivity index (χ1) is 9.10. The van der Waals surface area contributed by atoms with Crippen molar-refractivity contribution in [2.24, 2.45) is 0 Å². The molecule has 0 fully saturated rings. The largest absolute Gasteiger partial charge is 0.378 e. The third kappa shape index (κ3) is 3.31. The minimum Gasteiger partial charge on any atom is -0.378 e. The fraction of sp³-hybridized carbons (Fsp3) is 0.250. The van der Waals surface area contributed by atoms with Crippen molar-refractivity contribution < 1.29 is 8.78 Å². The smallest absolute Gasteiger partial charge is 0.125 e. The molecule has 1 N–H and O–H groups in total. The zero-order chi connectivity index (χ0) is 13.8. The summed E-state index contributed by atoms with van der Waals surface area (Å²) in [5.74, 6) is -0.532. The molecule has 2 aromatic carbocycles. The molecule has 0 aliphatic heterocycles. The molecular weight excluding hydrogens is 244 g/mol. The highest BCUT2D eigenvalue weighted by atomic mass is 19.1. The number of hydrogen-bond acceptors (Lipinski definition) is 1. The van der Waals surface area contributed by atoms with E-state index in [4.69, 9.17) is 0 Å². The topological polar surface area (TPSA) is 12.0 Å². The van der Waals surface area contributed by atoms with Crippen LogP contribution in [0.1, 0.15) is 30.5 Å². The lowest BCUT2D eigenvalue weighted by molar-refractivity contribution is 0.619. The molecule has 3 heteroatoms. The van der Waals surface area contributed by atoms with Crippen LogP contribution in [0, 0.1) is 18.6 Å². The van der Waals surface area contributed by atoms with Crippen LogP contribution in [0.3, 0.4) is 0 Å². The summed E-state index contributed by atoms with van der Waals surface area (Å²) in [6, 6.07) is 11.1. The Morgan fingerprint density at radius 1 is 1.05 bits per heavy atom. The summed E-state index contributed by atoms with van der Waals surface area (Å²) < 4.78 is 26.5. The fourth-order valence-electron chi connectivity index (χ4n) is 2.08. The van der Waals surface area contributed by atoms with Gasteiger partial charge in [-0.1, -0.05) is 25.1 Å². The predicted molar refractivity (Wildman–Crippen MR) is 74.2 cm³/mol. The highest BCUT2D eigenvalue weighted by Crippen LogP contribution is 2.25. The van der Waals surface area contributed by atoms with Gasteiger partial charge in [0, 0.05) is 5.69 Å². The Bertz CT molecular complexity index is 566. The maximum absolute atomic E-state index is 13.3. The number of aryl methyl sites for hydroxylation is 1. The molecule has 19 heavy (non-hydrogen) atoms. The van der Waals surface area contributed by atoms with E-state index in [0.717, 1.165) is 23.2 Å². The Labute approximate surface area is 112 Å². The van der Waals surface area contributed by atoms with Crippen LogP contribution in [-0.4, -0.2) is 0 Å². The van der Waals surface area contributed by atoms with Gasteiger partial charge in [0.15, 0.2) is 0 Å². The molecule has 0 bridgehead atoms. The fourth-order valence-corrected chi connectivity index (χ4v) is 2.08. The predicted octanol–water partition coefficient (Wildman–Crippen LogP) is 4.84. The zero-order valence-corrected chi connectivity index (χ0v) is 11.1. The van der Waals surface area contributed by atoms with E-state index >= 15 is 0 Å². The Kier molecular flexibility index (Phi) is 4.15. The molecule has 1 unspecified atom stereocenters. The van der Waals surface area contributed by atoms with Crippen molar-refractivity contribution in [3.05, 3.63) is 65.2 Å². The molecule has 100 valence electrons. The van der Waals surface area contributed by atoms with Crippen LogP contribution < -0.4 is 5.32 Å². The molecule has 1 atom stereocenters. The van der Waals surface area contributed by atoms with Crippen molar-refractivity contribution in [1.82, 2.24) is 0 Å². The van der Waals surface area contributed by atoms with Crippen LogP contribution in [0.2, 0.25) is 0 Å². The Morgan fingerprint density at radius 3 is 2.47 bits per heavy atom. The molecule has 2 aromatic rings. The molecule has 0 saturated carbocycles. The van der Waals surface area contributed by atoms with E-state index in [-0.39, 0.29) is 17.7 Å². The van der Waals surface area contributed by atoms with Crippen LogP contribution in [-0.2, 0) is 0 Å². The minimum absolute atomic E-state index is 0.0313. The van der Waals surface area contributed by atoms with Gasteiger partial charge in [0.25, 0.3) is 0 Å². The van der Waals surface area contributed by atoms with Crippen LogP contribution in [0.4, 0.5) is 14.5 Å². The van der Waals surface area contributed by atoms with Gasteiger partial charge in [-0.25, -0.2) is 8.78 Å². The number of anilines is 1. The van der Waals surface area contributed by atoms with Gasteiger partial charge in [0.2, 0.25) is 0 Å². The number of hydrogen-bond donors (Lipinski definition) is 1. The van der Waals surface area contributed by atoms with E-state index in [9.17, 15) is 8.78 Å². The first-order valence-corrected chi connectivity index (χ1v) is 6.38. The number of benzene rings is 2. The monoisotopic (exact) mass is 261 g/mol. The van der Waals surface area contributed by atoms with Crippen LogP contribution >= 0.6 is 0 Å². The number of rotatable bonds is 4. The molecule has 1 nitrogen and oxygen atoms in total. The molecular formula is C16H17F2N. The molecule has 2 rings (SSSR count). The average molecular weight is 261 g/mol. The summed E-state index contributed by atoms with van der Waals surface area (Å²) in [6.07, 6.45) is 0.791. The molecule has 0 radical (unpaired) electrons. The van der Waals surface area contributed by atoms with Crippen molar-refractivity contribution in [3.8, 4) is 0 Å². The summed E-state index contributed by atoms with van der Waals surface area (Å²) in [4.78, 5) is 0. The van der Waals surface area contributed by atoms with Crippen molar-refractivity contribution >= 4 is 5.69 Å². The van der Waals surface area contributed by atoms with Gasteiger partial charge >= 0.3 is 0 Å². The highest BCUT2D eigenvalue weighted by Gasteiger charge is 2.11. The van der Waals surface area contributed by atoms with E-state index in [0.29, 0.717) is 0 Å². The Hall–Kier alpha value is -1.90. The van der Waals surface area contributed by atoms with Crippen LogP contribution in [0.5, 0.6) is 0 Å². The van der Waals surface area contributed by atoms with Gasteiger partial charge in [-0.15, -0.1) is 0 Å². The van der Waals surface area contributed by atoms with Gasteiger partial charge in [-0.2, -0.15) is 0 Å². The summed E-state index contributed by atoms with van der Waals surface area (Å²) >= 11 is 0. The first-order valence-electron chi connectivity index (χ1n) is 6.38. The van der Waals surface area contributed by atoms with Crippen molar-refractivity contribution in [2.45, 2.75) is 26.3 Å². The van der Waals surface area contributed by atoms with Gasteiger partial charge < -0.3 is 5.32 Å². The summed E-state index contributed by atoms with van der Waals surface area (Å²) in [5, 5.41) is 3.27. The summed E-state index contributed by atoms with van der Waals surface area (Å²) in [6.45, 7) is 3.93. The van der Waals surface area contributed by atoms with E-state index < -0.39 is 0 Å². The maximum Gasteiger partial charge on any atom is 0.125 e. The number of halogens is 2. The van der Waals surface area contributed by atoms with E-state index in [1.165, 1.54) is 24.3 Å². The van der Waals surface area contributed by atoms with Gasteiger partial charge in [-0.3, -0.25) is 0 Å². The average Bonchev–Trinajstić information content (AvgIpc) is 2.39. The molecule has 0 amide bonds. The third-order valence-corrected chi connectivity index (χ3v) is 3.19. The molecule has 0 aliphatic rings. The first kappa shape index (κ1) is 13.5. The van der Waals surface area contributed by atoms with Crippen molar-refractivity contribution in [2.75, 3.05) is 5.32 Å². The molecule has 0 spiro atoms. The third-order valence-electron chi connectivity index (χ3n) is 3.19. The van der Waals surface area contributed by atoms with E-state index in [1.807, 2.05) is 19.9 Å². The van der Waals surface area contributed by atoms with E-state index in [2.05, 4.69) is 5.32 Å². The van der Waals surface area contributed by atoms with Gasteiger partial charge in [0.1, 0.15) is 11.6 Å². The minimum atomic E-state index is -0.276. The molecule has 0 aromatic heterocycles. The van der Waals surface area contributed by atoms with Crippen LogP contribution in [0.15, 0.2) is 42.5 Å². The Morgan fingerprint density at radius 2 is 1.79 bits per heavy atom. The lowest BCUT2D eigenvalue weighted by Gasteiger charge is -2.20. The van der Waals surface area contributed by atoms with Gasteiger partial charge in [0.05, 0.1) is 6.04 Å². The second-order valence-electron chi connectivity index (χ2n) is 4.62. The normalized spacial score (nSPS) is 12.2. The lowest BCUT2D eigenvalue weighted by atomic mass is 10.0. The quantitative estimate of drug-likeness (QED) is 0.830. The van der Waals surface area contributed by atoms with Crippen molar-refractivity contribution in [3.63, 3.8) is 0 Å². The standard InChI is InChI=1S/C16H17F2N/c1-3-15(12-5-4-6-13(17)9-12)19-16-10-14(18)8-7-11(16)2/h4-10,15,19H,3H2,1-2H3. The second-order valence-corrected chi connectivity index (χ2v) is 4.62. The SMILES string of the molecule is CCC(Nc1cc(F)ccc1C)c1cccc(F)c1. The van der Waals surface area contributed by atoms with Crippen molar-refractivity contribution in [1.29, 1.82) is 0 Å². The molecule has 0 saturated heterocycles. The Balaban J connectivity index is 2.26. The van der Waals surface area contributed by atoms with Crippen LogP contribution in [0.25, 0.3) is 0 Å². The lowest BCUT2D eigenvalue weighted by Crippen LogP contribution is -2.11. The van der Waals surface area contributed by atoms with Gasteiger partial charge in [-0.05, 0) is 48.7 Å². The highest BCUT2D eigenvalue weighted by molar-refractivity contribution is 5.52. The summed E-state index contributed by atoms with van der Waals surface area (Å²) in [7, 11) is 0. The van der Waals surface area contributed by atoms with E-state index in [1.54, 1.807) is 12.1 Å². The summed E-state index contributed by atoms with van der Waals surface area (Å²) in [5.41, 5.74) is 2.58.